The van der Waals surface area contributed by atoms with Crippen molar-refractivity contribution in [2.45, 2.75) is 50.2 Å². The lowest BCUT2D eigenvalue weighted by Crippen LogP contribution is -2.51. The van der Waals surface area contributed by atoms with Crippen molar-refractivity contribution in [2.24, 2.45) is 5.92 Å². The number of fused-ring (bicyclic) bond motifs is 1. The average molecular weight is 365 g/mol. The van der Waals surface area contributed by atoms with E-state index in [2.05, 4.69) is 45.3 Å². The van der Waals surface area contributed by atoms with Crippen molar-refractivity contribution in [1.29, 1.82) is 0 Å². The largest absolute Gasteiger partial charge is 0.334 e. The summed E-state index contributed by atoms with van der Waals surface area (Å²) in [5.74, 6) is 0.625. The van der Waals surface area contributed by atoms with E-state index in [9.17, 15) is 4.79 Å². The summed E-state index contributed by atoms with van der Waals surface area (Å²) in [6.07, 6.45) is 5.69. The summed E-state index contributed by atoms with van der Waals surface area (Å²) in [6, 6.07) is 11.1. The van der Waals surface area contributed by atoms with Gasteiger partial charge >= 0.3 is 0 Å². The summed E-state index contributed by atoms with van der Waals surface area (Å²) in [5.41, 5.74) is 7.94. The van der Waals surface area contributed by atoms with Crippen molar-refractivity contribution < 1.29 is 4.79 Å². The number of carbonyl (C=O) groups excluding carboxylic acids is 1. The lowest BCUT2D eigenvalue weighted by molar-refractivity contribution is -0.136. The van der Waals surface area contributed by atoms with Crippen molar-refractivity contribution in [3.63, 3.8) is 0 Å². The molecule has 1 amide bonds. The molecule has 3 heterocycles. The predicted molar refractivity (Wildman–Crippen MR) is 101 cm³/mol. The lowest BCUT2D eigenvalue weighted by Gasteiger charge is -2.35. The van der Waals surface area contributed by atoms with Crippen LogP contribution in [0, 0.1) is 5.92 Å². The number of hydrogen-bond donors (Lipinski definition) is 3. The minimum Gasteiger partial charge on any atom is -0.334 e. The molecule has 138 valence electrons. The van der Waals surface area contributed by atoms with Gasteiger partial charge < -0.3 is 10.2 Å². The van der Waals surface area contributed by atoms with Crippen LogP contribution >= 0.6 is 12.4 Å². The standard InChI is InChI=1S/C19H28N4O.ClH/c24-19(18-15-13-20-11-10-16(15)21-22-18)23-12-6-2-5-9-17(23)14-7-3-1-4-8-14;/h1,3-4,7-8,15-18,20-22H,2,5-6,9-13H2;1H. The summed E-state index contributed by atoms with van der Waals surface area (Å²) >= 11 is 0. The van der Waals surface area contributed by atoms with Crippen LogP contribution < -0.4 is 16.2 Å². The highest BCUT2D eigenvalue weighted by Crippen LogP contribution is 2.32. The molecular weight excluding hydrogens is 336 g/mol. The number of hydrazine groups is 1. The number of rotatable bonds is 2. The molecular formula is C19H29ClN4O. The third kappa shape index (κ3) is 3.85. The third-order valence-corrected chi connectivity index (χ3v) is 5.87. The van der Waals surface area contributed by atoms with E-state index < -0.39 is 0 Å². The van der Waals surface area contributed by atoms with Crippen LogP contribution in [0.4, 0.5) is 0 Å². The van der Waals surface area contributed by atoms with Gasteiger partial charge in [0, 0.05) is 25.0 Å². The monoisotopic (exact) mass is 364 g/mol. The molecule has 0 aliphatic carbocycles. The smallest absolute Gasteiger partial charge is 0.241 e. The van der Waals surface area contributed by atoms with Gasteiger partial charge in [0.05, 0.1) is 6.04 Å². The van der Waals surface area contributed by atoms with Crippen LogP contribution in [0.15, 0.2) is 30.3 Å². The van der Waals surface area contributed by atoms with Crippen LogP contribution in [-0.2, 0) is 4.79 Å². The third-order valence-electron chi connectivity index (χ3n) is 5.87. The molecule has 0 aromatic heterocycles. The minimum absolute atomic E-state index is 0. The molecule has 0 radical (unpaired) electrons. The Morgan fingerprint density at radius 1 is 1.04 bits per heavy atom. The summed E-state index contributed by atoms with van der Waals surface area (Å²) < 4.78 is 0. The number of nitrogens with zero attached hydrogens (tertiary/aromatic N) is 1. The predicted octanol–water partition coefficient (Wildman–Crippen LogP) is 2.01. The van der Waals surface area contributed by atoms with Crippen molar-refractivity contribution in [3.05, 3.63) is 35.9 Å². The Kier molecular flexibility index (Phi) is 6.34. The summed E-state index contributed by atoms with van der Waals surface area (Å²) in [7, 11) is 0. The number of piperidine rings is 1. The second kappa shape index (κ2) is 8.49. The number of halogens is 1. The summed E-state index contributed by atoms with van der Waals surface area (Å²) in [4.78, 5) is 15.5. The molecule has 3 aliphatic heterocycles. The first-order chi connectivity index (χ1) is 11.8. The maximum absolute atomic E-state index is 13.4. The average Bonchev–Trinajstić information content (AvgIpc) is 2.91. The van der Waals surface area contributed by atoms with E-state index in [1.54, 1.807) is 0 Å². The number of amides is 1. The van der Waals surface area contributed by atoms with E-state index in [1.165, 1.54) is 18.4 Å². The molecule has 5 nitrogen and oxygen atoms in total. The number of benzene rings is 1. The molecule has 3 saturated heterocycles. The van der Waals surface area contributed by atoms with Crippen LogP contribution in [0.3, 0.4) is 0 Å². The number of hydrogen-bond acceptors (Lipinski definition) is 4. The van der Waals surface area contributed by atoms with Gasteiger partial charge in [0.25, 0.3) is 0 Å². The highest BCUT2D eigenvalue weighted by atomic mass is 35.5. The van der Waals surface area contributed by atoms with Gasteiger partial charge in [0.1, 0.15) is 6.04 Å². The van der Waals surface area contributed by atoms with Gasteiger partial charge in [-0.3, -0.25) is 10.2 Å². The zero-order chi connectivity index (χ0) is 16.4. The molecule has 4 atom stereocenters. The van der Waals surface area contributed by atoms with E-state index >= 15 is 0 Å². The van der Waals surface area contributed by atoms with Crippen LogP contribution in [0.5, 0.6) is 0 Å². The second-order valence-corrected chi connectivity index (χ2v) is 7.34. The fraction of sp³-hybridized carbons (Fsp3) is 0.632. The maximum atomic E-state index is 13.4. The summed E-state index contributed by atoms with van der Waals surface area (Å²) in [5, 5.41) is 3.45. The fourth-order valence-corrected chi connectivity index (χ4v) is 4.53. The molecule has 4 rings (SSSR count). The van der Waals surface area contributed by atoms with Gasteiger partial charge in [0.15, 0.2) is 0 Å². The van der Waals surface area contributed by atoms with E-state index in [-0.39, 0.29) is 30.4 Å². The Balaban J connectivity index is 0.00000182. The van der Waals surface area contributed by atoms with E-state index in [0.717, 1.165) is 38.9 Å². The quantitative estimate of drug-likeness (QED) is 0.751. The number of nitrogens with one attached hydrogen (secondary N) is 3. The Labute approximate surface area is 156 Å². The Bertz CT molecular complexity index is 570. The Hall–Kier alpha value is -1.14. The van der Waals surface area contributed by atoms with Gasteiger partial charge in [-0.2, -0.15) is 0 Å². The molecule has 0 saturated carbocycles. The van der Waals surface area contributed by atoms with Crippen molar-refractivity contribution in [3.8, 4) is 0 Å². The van der Waals surface area contributed by atoms with Crippen molar-refractivity contribution in [1.82, 2.24) is 21.1 Å². The molecule has 0 spiro atoms. The molecule has 3 aliphatic rings. The van der Waals surface area contributed by atoms with Crippen LogP contribution in [-0.4, -0.2) is 42.5 Å². The van der Waals surface area contributed by atoms with Crippen molar-refractivity contribution >= 4 is 18.3 Å². The first-order valence-electron chi connectivity index (χ1n) is 9.42. The van der Waals surface area contributed by atoms with Crippen LogP contribution in [0.2, 0.25) is 0 Å². The Morgan fingerprint density at radius 2 is 1.88 bits per heavy atom. The van der Waals surface area contributed by atoms with Gasteiger partial charge in [0.2, 0.25) is 5.91 Å². The highest BCUT2D eigenvalue weighted by molar-refractivity contribution is 5.85. The molecule has 3 fully saturated rings. The minimum atomic E-state index is -0.105. The van der Waals surface area contributed by atoms with E-state index in [1.807, 2.05) is 6.07 Å². The van der Waals surface area contributed by atoms with E-state index in [0.29, 0.717) is 12.0 Å². The maximum Gasteiger partial charge on any atom is 0.241 e. The van der Waals surface area contributed by atoms with Crippen molar-refractivity contribution in [2.75, 3.05) is 19.6 Å². The van der Waals surface area contributed by atoms with Crippen LogP contribution in [0.1, 0.15) is 43.7 Å². The van der Waals surface area contributed by atoms with Gasteiger partial charge in [-0.15, -0.1) is 12.4 Å². The molecule has 6 heteroatoms. The number of carbonyl (C=O) groups is 1. The lowest BCUT2D eigenvalue weighted by atomic mass is 9.88. The highest BCUT2D eigenvalue weighted by Gasteiger charge is 2.44. The molecule has 4 unspecified atom stereocenters. The first-order valence-corrected chi connectivity index (χ1v) is 9.42. The number of likely N-dealkylation sites (tertiary alicyclic amines) is 1. The van der Waals surface area contributed by atoms with Crippen LogP contribution in [0.25, 0.3) is 0 Å². The van der Waals surface area contributed by atoms with E-state index in [4.69, 9.17) is 0 Å². The van der Waals surface area contributed by atoms with Gasteiger partial charge in [-0.05, 0) is 31.4 Å². The zero-order valence-electron chi connectivity index (χ0n) is 14.6. The fourth-order valence-electron chi connectivity index (χ4n) is 4.53. The van der Waals surface area contributed by atoms with Gasteiger partial charge in [-0.25, -0.2) is 5.43 Å². The SMILES string of the molecule is Cl.O=C(C1NNC2CCNCC21)N1CCCCCC1c1ccccc1. The topological polar surface area (TPSA) is 56.4 Å². The molecule has 0 bridgehead atoms. The Morgan fingerprint density at radius 3 is 2.72 bits per heavy atom. The summed E-state index contributed by atoms with van der Waals surface area (Å²) in [6.45, 7) is 2.83. The molecule has 25 heavy (non-hydrogen) atoms. The first kappa shape index (κ1) is 18.6. The molecule has 3 N–H and O–H groups in total. The second-order valence-electron chi connectivity index (χ2n) is 7.34. The molecule has 1 aromatic carbocycles. The van der Waals surface area contributed by atoms with Gasteiger partial charge in [-0.1, -0.05) is 43.2 Å². The molecule has 1 aromatic rings. The zero-order valence-corrected chi connectivity index (χ0v) is 15.4. The normalized spacial score (nSPS) is 32.4.